The highest BCUT2D eigenvalue weighted by Crippen LogP contribution is 2.25. The summed E-state index contributed by atoms with van der Waals surface area (Å²) in [6.07, 6.45) is 1.50. The van der Waals surface area contributed by atoms with Gasteiger partial charge in [-0.1, -0.05) is 26.0 Å². The molecule has 0 unspecified atom stereocenters. The molecule has 6 nitrogen and oxygen atoms in total. The van der Waals surface area contributed by atoms with Gasteiger partial charge in [0.1, 0.15) is 28.9 Å². The molecule has 0 N–H and O–H groups in total. The predicted molar refractivity (Wildman–Crippen MR) is 108 cm³/mol. The van der Waals surface area contributed by atoms with Gasteiger partial charge in [-0.15, -0.1) is 0 Å². The van der Waals surface area contributed by atoms with Crippen molar-refractivity contribution in [2.24, 2.45) is 0 Å². The van der Waals surface area contributed by atoms with Crippen LogP contribution in [0.1, 0.15) is 48.1 Å². The van der Waals surface area contributed by atoms with E-state index in [-0.39, 0.29) is 5.56 Å². The fourth-order valence-corrected chi connectivity index (χ4v) is 3.25. The molecule has 0 spiro atoms. The molecule has 0 bridgehead atoms. The molecule has 6 heteroatoms. The van der Waals surface area contributed by atoms with Gasteiger partial charge in [-0.05, 0) is 44.4 Å². The summed E-state index contributed by atoms with van der Waals surface area (Å²) in [5, 5.41) is 0.519. The van der Waals surface area contributed by atoms with Crippen molar-refractivity contribution >= 4 is 11.1 Å². The standard InChI is InChI=1S/C22H23N3O3/c1-12(2)16-6-8-17(9-7-16)20-24-18(15(5)28-20)10-25-11-23-21-19(22(25)26)13(3)14(4)27-21/h6-9,11-12H,10H2,1-5H3. The topological polar surface area (TPSA) is 74.1 Å². The van der Waals surface area contributed by atoms with Crippen LogP contribution in [0.15, 0.2) is 44.2 Å². The van der Waals surface area contributed by atoms with E-state index >= 15 is 0 Å². The number of fused-ring (bicyclic) bond motifs is 1. The molecule has 0 atom stereocenters. The number of aryl methyl sites for hydroxylation is 3. The van der Waals surface area contributed by atoms with Gasteiger partial charge in [0.25, 0.3) is 5.56 Å². The van der Waals surface area contributed by atoms with Crippen molar-refractivity contribution in [3.63, 3.8) is 0 Å². The second-order valence-corrected chi connectivity index (χ2v) is 7.44. The monoisotopic (exact) mass is 377 g/mol. The average Bonchev–Trinajstić information content (AvgIpc) is 3.18. The van der Waals surface area contributed by atoms with Gasteiger partial charge in [-0.2, -0.15) is 0 Å². The number of hydrogen-bond donors (Lipinski definition) is 0. The molecule has 0 saturated carbocycles. The fourth-order valence-electron chi connectivity index (χ4n) is 3.25. The third-order valence-corrected chi connectivity index (χ3v) is 5.19. The molecule has 0 amide bonds. The van der Waals surface area contributed by atoms with Gasteiger partial charge in [0.05, 0.1) is 6.54 Å². The average molecular weight is 377 g/mol. The molecule has 0 saturated heterocycles. The minimum absolute atomic E-state index is 0.135. The Bertz CT molecular complexity index is 1210. The van der Waals surface area contributed by atoms with Gasteiger partial charge < -0.3 is 8.83 Å². The highest BCUT2D eigenvalue weighted by molar-refractivity contribution is 5.77. The van der Waals surface area contributed by atoms with Crippen molar-refractivity contribution in [2.45, 2.75) is 47.1 Å². The molecular weight excluding hydrogens is 354 g/mol. The van der Waals surface area contributed by atoms with E-state index in [4.69, 9.17) is 8.83 Å². The summed E-state index contributed by atoms with van der Waals surface area (Å²) in [6, 6.07) is 8.21. The number of nitrogens with zero attached hydrogens (tertiary/aromatic N) is 3. The van der Waals surface area contributed by atoms with E-state index in [0.717, 1.165) is 11.1 Å². The molecule has 0 aliphatic heterocycles. The first kappa shape index (κ1) is 18.2. The van der Waals surface area contributed by atoms with Crippen molar-refractivity contribution in [3.05, 3.63) is 69.3 Å². The maximum Gasteiger partial charge on any atom is 0.265 e. The maximum absolute atomic E-state index is 12.9. The van der Waals surface area contributed by atoms with Gasteiger partial charge in [0.2, 0.25) is 11.6 Å². The lowest BCUT2D eigenvalue weighted by Crippen LogP contribution is -2.21. The number of hydrogen-bond acceptors (Lipinski definition) is 5. The lowest BCUT2D eigenvalue weighted by atomic mass is 10.0. The molecule has 0 fully saturated rings. The molecule has 28 heavy (non-hydrogen) atoms. The second kappa shape index (κ2) is 6.78. The smallest absolute Gasteiger partial charge is 0.265 e. The summed E-state index contributed by atoms with van der Waals surface area (Å²) in [7, 11) is 0. The molecule has 4 rings (SSSR count). The zero-order valence-electron chi connectivity index (χ0n) is 16.7. The second-order valence-electron chi connectivity index (χ2n) is 7.44. The van der Waals surface area contributed by atoms with Crippen LogP contribution in [0.3, 0.4) is 0 Å². The maximum atomic E-state index is 12.9. The van der Waals surface area contributed by atoms with Crippen LogP contribution < -0.4 is 5.56 Å². The van der Waals surface area contributed by atoms with E-state index in [1.165, 1.54) is 11.9 Å². The molecular formula is C22H23N3O3. The minimum atomic E-state index is -0.135. The summed E-state index contributed by atoms with van der Waals surface area (Å²) in [5.74, 6) is 2.43. The van der Waals surface area contributed by atoms with Crippen molar-refractivity contribution in [1.29, 1.82) is 0 Å². The SMILES string of the molecule is Cc1oc(-c2ccc(C(C)C)cc2)nc1Cn1cnc2oc(C)c(C)c2c1=O. The summed E-state index contributed by atoms with van der Waals surface area (Å²) in [5.41, 5.74) is 3.96. The van der Waals surface area contributed by atoms with E-state index in [9.17, 15) is 4.79 Å². The van der Waals surface area contributed by atoms with E-state index in [1.54, 1.807) is 4.57 Å². The van der Waals surface area contributed by atoms with Crippen LogP contribution in [-0.4, -0.2) is 14.5 Å². The van der Waals surface area contributed by atoms with Gasteiger partial charge in [0.15, 0.2) is 0 Å². The summed E-state index contributed by atoms with van der Waals surface area (Å²) in [4.78, 5) is 21.8. The van der Waals surface area contributed by atoms with Crippen LogP contribution in [0.2, 0.25) is 0 Å². The van der Waals surface area contributed by atoms with Crippen LogP contribution in [0.4, 0.5) is 0 Å². The first-order valence-electron chi connectivity index (χ1n) is 9.37. The van der Waals surface area contributed by atoms with Crippen LogP contribution in [0.5, 0.6) is 0 Å². The number of oxazole rings is 1. The lowest BCUT2D eigenvalue weighted by Gasteiger charge is -2.04. The number of rotatable bonds is 4. The highest BCUT2D eigenvalue weighted by Gasteiger charge is 2.17. The van der Waals surface area contributed by atoms with Crippen molar-refractivity contribution in [3.8, 4) is 11.5 Å². The van der Waals surface area contributed by atoms with Crippen molar-refractivity contribution < 1.29 is 8.83 Å². The van der Waals surface area contributed by atoms with E-state index in [1.807, 2.05) is 32.9 Å². The molecule has 1 aromatic carbocycles. The summed E-state index contributed by atoms with van der Waals surface area (Å²) < 4.78 is 12.9. The number of benzene rings is 1. The molecule has 3 aromatic heterocycles. The Kier molecular flexibility index (Phi) is 4.41. The first-order chi connectivity index (χ1) is 13.3. The van der Waals surface area contributed by atoms with Crippen LogP contribution >= 0.6 is 0 Å². The molecule has 0 aliphatic carbocycles. The fraction of sp³-hybridized carbons (Fsp3) is 0.318. The van der Waals surface area contributed by atoms with E-state index in [2.05, 4.69) is 35.9 Å². The molecule has 4 aromatic rings. The Morgan fingerprint density at radius 3 is 2.43 bits per heavy atom. The summed E-state index contributed by atoms with van der Waals surface area (Å²) >= 11 is 0. The predicted octanol–water partition coefficient (Wildman–Crippen LogP) is 4.74. The Labute approximate surface area is 162 Å². The third-order valence-electron chi connectivity index (χ3n) is 5.19. The number of aromatic nitrogens is 3. The van der Waals surface area contributed by atoms with E-state index in [0.29, 0.717) is 46.7 Å². The Morgan fingerprint density at radius 2 is 1.75 bits per heavy atom. The van der Waals surface area contributed by atoms with Gasteiger partial charge in [-0.25, -0.2) is 9.97 Å². The largest absolute Gasteiger partial charge is 0.443 e. The summed E-state index contributed by atoms with van der Waals surface area (Å²) in [6.45, 7) is 10.2. The zero-order valence-corrected chi connectivity index (χ0v) is 16.7. The quantitative estimate of drug-likeness (QED) is 0.513. The van der Waals surface area contributed by atoms with Gasteiger partial charge in [-0.3, -0.25) is 9.36 Å². The first-order valence-corrected chi connectivity index (χ1v) is 9.37. The van der Waals surface area contributed by atoms with Crippen molar-refractivity contribution in [2.75, 3.05) is 0 Å². The molecule has 0 aliphatic rings. The van der Waals surface area contributed by atoms with Crippen LogP contribution in [0.25, 0.3) is 22.6 Å². The minimum Gasteiger partial charge on any atom is -0.443 e. The van der Waals surface area contributed by atoms with Crippen LogP contribution in [0, 0.1) is 20.8 Å². The molecule has 3 heterocycles. The normalized spacial score (nSPS) is 11.6. The highest BCUT2D eigenvalue weighted by atomic mass is 16.4. The lowest BCUT2D eigenvalue weighted by molar-refractivity contribution is 0.537. The molecule has 0 radical (unpaired) electrons. The Hall–Kier alpha value is -3.15. The Balaban J connectivity index is 1.68. The van der Waals surface area contributed by atoms with Gasteiger partial charge >= 0.3 is 0 Å². The van der Waals surface area contributed by atoms with Crippen LogP contribution in [-0.2, 0) is 6.54 Å². The Morgan fingerprint density at radius 1 is 1.04 bits per heavy atom. The van der Waals surface area contributed by atoms with Gasteiger partial charge in [0, 0.05) is 11.1 Å². The van der Waals surface area contributed by atoms with E-state index < -0.39 is 0 Å². The molecule has 144 valence electrons. The van der Waals surface area contributed by atoms with Crippen molar-refractivity contribution in [1.82, 2.24) is 14.5 Å². The number of furan rings is 1. The third kappa shape index (κ3) is 3.05. The zero-order chi connectivity index (χ0) is 20.0.